The van der Waals surface area contributed by atoms with Crippen molar-refractivity contribution in [3.8, 4) is 17.2 Å². The Morgan fingerprint density at radius 2 is 1.81 bits per heavy atom. The Labute approximate surface area is 151 Å². The van der Waals surface area contributed by atoms with Gasteiger partial charge in [0.2, 0.25) is 0 Å². The molecule has 0 saturated carbocycles. The summed E-state index contributed by atoms with van der Waals surface area (Å²) in [7, 11) is 3.10. The molecule has 0 unspecified atom stereocenters. The van der Waals surface area contributed by atoms with Crippen LogP contribution in [0.25, 0.3) is 10.9 Å². The molecule has 2 aromatic carbocycles. The number of anilines is 1. The number of ether oxygens (including phenoxy) is 3. The molecule has 0 aliphatic rings. The van der Waals surface area contributed by atoms with Crippen LogP contribution in [0.15, 0.2) is 48.5 Å². The average molecular weight is 352 g/mol. The van der Waals surface area contributed by atoms with Crippen LogP contribution in [0, 0.1) is 6.92 Å². The van der Waals surface area contributed by atoms with E-state index < -0.39 is 0 Å². The zero-order chi connectivity index (χ0) is 18.5. The van der Waals surface area contributed by atoms with Crippen molar-refractivity contribution >= 4 is 22.5 Å². The molecule has 1 heterocycles. The Balaban J connectivity index is 1.69. The molecule has 1 amide bonds. The van der Waals surface area contributed by atoms with Gasteiger partial charge in [0.05, 0.1) is 14.2 Å². The maximum atomic E-state index is 12.2. The van der Waals surface area contributed by atoms with Crippen LogP contribution in [-0.2, 0) is 4.79 Å². The highest BCUT2D eigenvalue weighted by atomic mass is 16.5. The van der Waals surface area contributed by atoms with Crippen molar-refractivity contribution in [1.29, 1.82) is 0 Å². The zero-order valence-electron chi connectivity index (χ0n) is 14.9. The third-order valence-electron chi connectivity index (χ3n) is 3.85. The lowest BCUT2D eigenvalue weighted by Gasteiger charge is -2.12. The van der Waals surface area contributed by atoms with Crippen molar-refractivity contribution in [2.75, 3.05) is 26.1 Å². The molecule has 0 fully saturated rings. The van der Waals surface area contributed by atoms with E-state index in [0.29, 0.717) is 22.9 Å². The van der Waals surface area contributed by atoms with E-state index in [9.17, 15) is 4.79 Å². The molecule has 0 saturated heterocycles. The molecule has 6 nitrogen and oxygen atoms in total. The Morgan fingerprint density at radius 1 is 1.00 bits per heavy atom. The maximum absolute atomic E-state index is 12.2. The first kappa shape index (κ1) is 17.5. The van der Waals surface area contributed by atoms with E-state index in [1.165, 1.54) is 0 Å². The quantitative estimate of drug-likeness (QED) is 0.734. The first-order valence-electron chi connectivity index (χ1n) is 8.12. The van der Waals surface area contributed by atoms with Crippen LogP contribution in [0.2, 0.25) is 0 Å². The molecule has 26 heavy (non-hydrogen) atoms. The fourth-order valence-electron chi connectivity index (χ4n) is 2.59. The predicted octanol–water partition coefficient (Wildman–Crippen LogP) is 3.58. The van der Waals surface area contributed by atoms with Gasteiger partial charge in [-0.2, -0.15) is 0 Å². The second kappa shape index (κ2) is 7.74. The largest absolute Gasteiger partial charge is 0.493 e. The number of amides is 1. The van der Waals surface area contributed by atoms with E-state index in [0.717, 1.165) is 16.6 Å². The summed E-state index contributed by atoms with van der Waals surface area (Å²) >= 11 is 0. The third-order valence-corrected chi connectivity index (χ3v) is 3.85. The third kappa shape index (κ3) is 3.85. The Hall–Kier alpha value is -3.28. The van der Waals surface area contributed by atoms with Crippen LogP contribution in [0.1, 0.15) is 5.69 Å². The number of pyridine rings is 1. The molecule has 1 aromatic heterocycles. The molecule has 0 spiro atoms. The van der Waals surface area contributed by atoms with Gasteiger partial charge in [-0.15, -0.1) is 0 Å². The first-order chi connectivity index (χ1) is 12.6. The summed E-state index contributed by atoms with van der Waals surface area (Å²) < 4.78 is 16.1. The van der Waals surface area contributed by atoms with Gasteiger partial charge >= 0.3 is 0 Å². The van der Waals surface area contributed by atoms with Gasteiger partial charge < -0.3 is 19.5 Å². The number of methoxy groups -OCH3 is 2. The number of hydrogen-bond donors (Lipinski definition) is 1. The second-order valence-electron chi connectivity index (χ2n) is 5.69. The van der Waals surface area contributed by atoms with Gasteiger partial charge in [-0.3, -0.25) is 4.79 Å². The average Bonchev–Trinajstić information content (AvgIpc) is 2.66. The highest BCUT2D eigenvalue weighted by Crippen LogP contribution is 2.29. The van der Waals surface area contributed by atoms with E-state index in [2.05, 4.69) is 10.3 Å². The summed E-state index contributed by atoms with van der Waals surface area (Å²) in [6.07, 6.45) is 0. The monoisotopic (exact) mass is 352 g/mol. The molecule has 134 valence electrons. The van der Waals surface area contributed by atoms with Crippen LogP contribution in [0.4, 0.5) is 5.69 Å². The fraction of sp³-hybridized carbons (Fsp3) is 0.200. The number of fused-ring (bicyclic) bond motifs is 1. The number of aromatic nitrogens is 1. The number of aryl methyl sites for hydroxylation is 1. The predicted molar refractivity (Wildman–Crippen MR) is 100 cm³/mol. The minimum absolute atomic E-state index is 0.122. The standard InChI is InChI=1S/C20H20N2O4/c1-13-7-8-14-5-4-6-17(20(14)21-13)26-12-19(23)22-15-9-10-16(24-2)18(11-15)25-3/h4-11H,12H2,1-3H3,(H,22,23). The molecule has 0 atom stereocenters. The summed E-state index contributed by atoms with van der Waals surface area (Å²) in [6.45, 7) is 1.79. The van der Waals surface area contributed by atoms with Gasteiger partial charge in [0.25, 0.3) is 5.91 Å². The van der Waals surface area contributed by atoms with Crippen LogP contribution < -0.4 is 19.5 Å². The summed E-state index contributed by atoms with van der Waals surface area (Å²) in [5, 5.41) is 3.74. The maximum Gasteiger partial charge on any atom is 0.262 e. The lowest BCUT2D eigenvalue weighted by molar-refractivity contribution is -0.118. The molecular formula is C20H20N2O4. The van der Waals surface area contributed by atoms with Crippen molar-refractivity contribution in [2.45, 2.75) is 6.92 Å². The Kier molecular flexibility index (Phi) is 5.22. The summed E-state index contributed by atoms with van der Waals surface area (Å²) in [6, 6.07) is 14.7. The molecule has 3 rings (SSSR count). The van der Waals surface area contributed by atoms with E-state index >= 15 is 0 Å². The van der Waals surface area contributed by atoms with Crippen molar-refractivity contribution in [2.24, 2.45) is 0 Å². The van der Waals surface area contributed by atoms with E-state index in [1.54, 1.807) is 38.5 Å². The highest BCUT2D eigenvalue weighted by molar-refractivity contribution is 5.92. The fourth-order valence-corrected chi connectivity index (χ4v) is 2.59. The lowest BCUT2D eigenvalue weighted by Crippen LogP contribution is -2.20. The molecule has 3 aromatic rings. The Morgan fingerprint density at radius 3 is 2.58 bits per heavy atom. The Bertz CT molecular complexity index is 940. The van der Waals surface area contributed by atoms with Gasteiger partial charge in [0, 0.05) is 22.8 Å². The topological polar surface area (TPSA) is 69.7 Å². The normalized spacial score (nSPS) is 10.4. The van der Waals surface area contributed by atoms with E-state index in [1.807, 2.05) is 31.2 Å². The molecule has 1 N–H and O–H groups in total. The van der Waals surface area contributed by atoms with Crippen molar-refractivity contribution in [3.63, 3.8) is 0 Å². The van der Waals surface area contributed by atoms with Crippen molar-refractivity contribution in [3.05, 3.63) is 54.2 Å². The number of para-hydroxylation sites is 1. The summed E-state index contributed by atoms with van der Waals surface area (Å²) in [5.74, 6) is 1.44. The molecule has 0 aliphatic heterocycles. The molecule has 6 heteroatoms. The molecular weight excluding hydrogens is 332 g/mol. The number of nitrogens with zero attached hydrogens (tertiary/aromatic N) is 1. The highest BCUT2D eigenvalue weighted by Gasteiger charge is 2.10. The van der Waals surface area contributed by atoms with Crippen LogP contribution >= 0.6 is 0 Å². The van der Waals surface area contributed by atoms with Crippen LogP contribution in [-0.4, -0.2) is 31.7 Å². The SMILES string of the molecule is COc1ccc(NC(=O)COc2cccc3ccc(C)nc23)cc1OC. The zero-order valence-corrected chi connectivity index (χ0v) is 14.9. The summed E-state index contributed by atoms with van der Waals surface area (Å²) in [4.78, 5) is 16.7. The first-order valence-corrected chi connectivity index (χ1v) is 8.12. The minimum Gasteiger partial charge on any atom is -0.493 e. The number of carbonyl (C=O) groups excluding carboxylic acids is 1. The minimum atomic E-state index is -0.276. The van der Waals surface area contributed by atoms with Crippen molar-refractivity contribution in [1.82, 2.24) is 4.98 Å². The molecule has 0 aliphatic carbocycles. The van der Waals surface area contributed by atoms with Gasteiger partial charge in [-0.05, 0) is 31.2 Å². The van der Waals surface area contributed by atoms with Crippen LogP contribution in [0.5, 0.6) is 17.2 Å². The van der Waals surface area contributed by atoms with Gasteiger partial charge in [-0.25, -0.2) is 4.98 Å². The van der Waals surface area contributed by atoms with Gasteiger partial charge in [0.15, 0.2) is 18.1 Å². The van der Waals surface area contributed by atoms with Crippen LogP contribution in [0.3, 0.4) is 0 Å². The number of hydrogen-bond acceptors (Lipinski definition) is 5. The number of nitrogens with one attached hydrogen (secondary N) is 1. The van der Waals surface area contributed by atoms with E-state index in [-0.39, 0.29) is 12.5 Å². The number of benzene rings is 2. The van der Waals surface area contributed by atoms with Crippen molar-refractivity contribution < 1.29 is 19.0 Å². The van der Waals surface area contributed by atoms with E-state index in [4.69, 9.17) is 14.2 Å². The van der Waals surface area contributed by atoms with Gasteiger partial charge in [0.1, 0.15) is 11.3 Å². The second-order valence-corrected chi connectivity index (χ2v) is 5.69. The molecule has 0 bridgehead atoms. The van der Waals surface area contributed by atoms with Gasteiger partial charge in [-0.1, -0.05) is 18.2 Å². The summed E-state index contributed by atoms with van der Waals surface area (Å²) in [5.41, 5.74) is 2.23. The smallest absolute Gasteiger partial charge is 0.262 e. The number of rotatable bonds is 6. The molecule has 0 radical (unpaired) electrons. The lowest BCUT2D eigenvalue weighted by atomic mass is 10.2. The number of carbonyl (C=O) groups is 1.